The van der Waals surface area contributed by atoms with Crippen LogP contribution in [0, 0.1) is 22.7 Å². The molecule has 0 bridgehead atoms. The third-order valence-electron chi connectivity index (χ3n) is 21.5. The van der Waals surface area contributed by atoms with E-state index in [2.05, 4.69) is 126 Å². The van der Waals surface area contributed by atoms with Gasteiger partial charge in [0.25, 0.3) is 6.85 Å². The van der Waals surface area contributed by atoms with Crippen molar-refractivity contribution in [3.8, 4) is 69.2 Å². The molecule has 0 spiro atoms. The number of para-hydroxylation sites is 2. The van der Waals surface area contributed by atoms with E-state index in [1.807, 2.05) is 140 Å². The average Bonchev–Trinajstić information content (AvgIpc) is 1.52. The molecule has 0 saturated carbocycles. The largest absolute Gasteiger partial charge is 0.493 e. The predicted molar refractivity (Wildman–Crippen MR) is 486 cm³/mol. The first-order chi connectivity index (χ1) is 58.4. The number of hydrogen-bond donors (Lipinski definition) is 2. The molecular weight excluding hydrogens is 1520 g/mol. The van der Waals surface area contributed by atoms with Crippen molar-refractivity contribution in [3.63, 3.8) is 0 Å². The van der Waals surface area contributed by atoms with Gasteiger partial charge in [-0.15, -0.1) is 22.7 Å². The van der Waals surface area contributed by atoms with E-state index >= 15 is 0 Å². The highest BCUT2D eigenvalue weighted by atomic mass is 32.1. The molecule has 0 amide bonds. The van der Waals surface area contributed by atoms with Gasteiger partial charge in [0.05, 0.1) is 68.7 Å². The maximum atomic E-state index is 14.9. The van der Waals surface area contributed by atoms with Crippen molar-refractivity contribution in [2.75, 3.05) is 91.9 Å². The molecule has 0 aliphatic rings. The molecule has 119 heavy (non-hydrogen) atoms. The summed E-state index contributed by atoms with van der Waals surface area (Å²) in [5.74, 6) is 1.33. The number of unbranched alkanes of at least 4 members (excludes halogenated alkanes) is 4. The highest BCUT2D eigenvalue weighted by Crippen LogP contribution is 2.40. The highest BCUT2D eigenvalue weighted by Gasteiger charge is 2.37. The maximum Gasteiger partial charge on any atom is 0.343 e. The molecule has 9 aromatic carbocycles. The lowest BCUT2D eigenvalue weighted by Crippen LogP contribution is -2.53. The molecule has 0 saturated heterocycles. The van der Waals surface area contributed by atoms with E-state index in [4.69, 9.17) is 38.4 Å². The van der Waals surface area contributed by atoms with E-state index in [0.29, 0.717) is 103 Å². The summed E-state index contributed by atoms with van der Waals surface area (Å²) in [4.78, 5) is 45.3. The Bertz CT molecular complexity index is 5660. The number of nitriles is 2. The lowest BCUT2D eigenvalue weighted by molar-refractivity contribution is 0.0724. The van der Waals surface area contributed by atoms with Gasteiger partial charge in [-0.05, 0) is 225 Å². The van der Waals surface area contributed by atoms with Crippen molar-refractivity contribution < 1.29 is 38.0 Å². The summed E-state index contributed by atoms with van der Waals surface area (Å²) in [6.07, 6.45) is 7.07. The molecule has 13 aromatic rings. The molecule has 0 aliphatic heterocycles. The van der Waals surface area contributed by atoms with Crippen LogP contribution in [0.1, 0.15) is 124 Å². The third-order valence-corrected chi connectivity index (χ3v) is 23.6. The molecule has 0 unspecified atom stereocenters. The fourth-order valence-corrected chi connectivity index (χ4v) is 17.2. The van der Waals surface area contributed by atoms with Crippen molar-refractivity contribution >= 4 is 107 Å². The Balaban J connectivity index is 1.04. The first kappa shape index (κ1) is 85.3. The summed E-state index contributed by atoms with van der Waals surface area (Å²) >= 11 is 2.86. The predicted octanol–water partition coefficient (Wildman–Crippen LogP) is 16.4. The van der Waals surface area contributed by atoms with Gasteiger partial charge in [-0.1, -0.05) is 180 Å². The number of nitrogens with one attached hydrogen (secondary N) is 2. The van der Waals surface area contributed by atoms with E-state index in [1.54, 1.807) is 48.5 Å². The molecule has 0 fully saturated rings. The number of fused-ring (bicyclic) bond motifs is 3. The number of rotatable bonds is 43. The summed E-state index contributed by atoms with van der Waals surface area (Å²) in [7, 11) is 0. The molecule has 0 radical (unpaired) electrons. The van der Waals surface area contributed by atoms with Crippen LogP contribution in [0.5, 0.6) is 34.5 Å². The van der Waals surface area contributed by atoms with Gasteiger partial charge in [0, 0.05) is 34.3 Å². The van der Waals surface area contributed by atoms with Gasteiger partial charge < -0.3 is 57.8 Å². The lowest BCUT2D eigenvalue weighted by Gasteiger charge is -2.23. The van der Waals surface area contributed by atoms with Gasteiger partial charge >= 0.3 is 18.8 Å². The van der Waals surface area contributed by atoms with E-state index in [-0.39, 0.29) is 33.8 Å². The van der Waals surface area contributed by atoms with Gasteiger partial charge in [-0.3, -0.25) is 0 Å². The number of esters is 2. The molecule has 22 heteroatoms. The number of carbonyl (C=O) groups excluding carboxylic acids is 2. The van der Waals surface area contributed by atoms with Crippen molar-refractivity contribution in [1.82, 2.24) is 39.4 Å². The third kappa shape index (κ3) is 21.1. The molecule has 0 aliphatic carbocycles. The minimum atomic E-state index is -0.683. The molecular formula is C97H104B2N10O8S2. The Morgan fingerprint density at radius 1 is 0.420 bits per heavy atom. The first-order valence-electron chi connectivity index (χ1n) is 42.0. The number of carbonyl (C=O) groups is 2. The second-order valence-corrected chi connectivity index (χ2v) is 31.4. The topological polar surface area (TPSA) is 203 Å². The Hall–Kier alpha value is -11.6. The van der Waals surface area contributed by atoms with Crippen molar-refractivity contribution in [2.45, 2.75) is 99.7 Å². The number of aromatic nitrogens is 4. The van der Waals surface area contributed by atoms with E-state index in [1.165, 1.54) is 22.7 Å². The minimum Gasteiger partial charge on any atom is -0.493 e. The van der Waals surface area contributed by atoms with Gasteiger partial charge in [0.1, 0.15) is 67.8 Å². The summed E-state index contributed by atoms with van der Waals surface area (Å²) in [6, 6.07) is 77.5. The zero-order valence-electron chi connectivity index (χ0n) is 69.2. The zero-order chi connectivity index (χ0) is 82.8. The highest BCUT2D eigenvalue weighted by molar-refractivity contribution is 7.20. The van der Waals surface area contributed by atoms with Crippen molar-refractivity contribution in [2.24, 2.45) is 0 Å². The molecule has 18 nitrogen and oxygen atoms in total. The maximum absolute atomic E-state index is 14.9. The van der Waals surface area contributed by atoms with E-state index < -0.39 is 25.6 Å². The van der Waals surface area contributed by atoms with Crippen LogP contribution in [0.15, 0.2) is 224 Å². The van der Waals surface area contributed by atoms with Crippen molar-refractivity contribution in [1.29, 1.82) is 10.5 Å². The Morgan fingerprint density at radius 2 is 0.773 bits per heavy atom. The Labute approximate surface area is 707 Å². The van der Waals surface area contributed by atoms with E-state index in [9.17, 15) is 20.1 Å². The SMILES string of the molecule is CCNCCCCOc1cc(OCCCCN(CC)CC)cc(C(=O)Oc2ccc(-c3c4/c(=C(\C#N)c5nc6ccccc6s5)n(B(c5ccccc5)c5ccccc5)c(-c5ccc(OC(=O)c6cc(OCCCCNCC)cc(OCCCCN(CC)CC)c6)cc5)c4/c(=C(\C#N)c4nc5ccccc5s4)n3B(C)c3ccccc3)cc2)c1. The van der Waals surface area contributed by atoms with Crippen LogP contribution < -0.4 is 66.1 Å². The minimum absolute atomic E-state index is 0.261. The molecule has 0 atom stereocenters. The van der Waals surface area contributed by atoms with Gasteiger partial charge in [0.15, 0.2) is 0 Å². The number of hydrogen-bond acceptors (Lipinski definition) is 18. The molecule has 13 rings (SSSR count). The van der Waals surface area contributed by atoms with Crippen LogP contribution >= 0.6 is 22.7 Å². The molecule has 4 heterocycles. The fraction of sp³-hybridized carbons (Fsp3) is 0.299. The second kappa shape index (κ2) is 42.7. The van der Waals surface area contributed by atoms with Crippen LogP contribution in [-0.2, 0) is 0 Å². The normalized spacial score (nSPS) is 11.9. The summed E-state index contributed by atoms with van der Waals surface area (Å²) < 4.78 is 44.6. The molecule has 2 N–H and O–H groups in total. The fourth-order valence-electron chi connectivity index (χ4n) is 15.3. The number of benzene rings is 9. The molecule has 4 aromatic heterocycles. The van der Waals surface area contributed by atoms with E-state index in [0.717, 1.165) is 154 Å². The number of ether oxygens (including phenoxy) is 6. The van der Waals surface area contributed by atoms with Crippen LogP contribution in [0.25, 0.3) is 64.9 Å². The summed E-state index contributed by atoms with van der Waals surface area (Å²) in [5, 5.41) is 35.1. The summed E-state index contributed by atoms with van der Waals surface area (Å²) in [5.41, 5.74) is 7.84. The zero-order valence-corrected chi connectivity index (χ0v) is 70.9. The standard InChI is InChI=1S/C97H104B2N10O8S2/c1-8-102-53-27-31-57-112-78-61-71(63-80(65-78)114-59-33-29-55-106(10-3)11-4)96(110)116-76-49-45-69(46-50-76)90-88-89(92(108(90)98(7)73-35-17-14-18-36-73)82(67-100)94-104-84-41-23-25-43-86(84)118-94)91(109(99(74-37-19-15-20-38-74)75-39-21-16-22-40-75)93(88)83(68-101)95-105-85-42-24-26-44-87(85)119-95)70-47-51-77(52-48-70)117-97(111)72-62-79(113-58-32-28-54-103-9-2)66-81(64-72)115-60-34-30-56-107(12-5)13-6/h14-26,35-52,61-66,102-103H,8-13,27-34,53-60H2,1-7H3/b92-82-,93-83-. The van der Waals surface area contributed by atoms with Gasteiger partial charge in [-0.25, -0.2) is 19.6 Å². The van der Waals surface area contributed by atoms with Crippen LogP contribution in [0.3, 0.4) is 0 Å². The number of nitrogens with zero attached hydrogens (tertiary/aromatic N) is 8. The average molecular weight is 1620 g/mol. The quantitative estimate of drug-likeness (QED) is 0.0158. The van der Waals surface area contributed by atoms with Crippen LogP contribution in [-0.4, -0.2) is 146 Å². The second-order valence-electron chi connectivity index (χ2n) is 29.3. The van der Waals surface area contributed by atoms with Crippen LogP contribution in [0.2, 0.25) is 6.82 Å². The monoisotopic (exact) mass is 1620 g/mol. The lowest BCUT2D eigenvalue weighted by atomic mass is 9.50. The van der Waals surface area contributed by atoms with Crippen LogP contribution in [0.4, 0.5) is 0 Å². The van der Waals surface area contributed by atoms with Crippen molar-refractivity contribution in [3.05, 3.63) is 256 Å². The first-order valence-corrected chi connectivity index (χ1v) is 43.6. The number of thiazole rings is 2. The molecule has 608 valence electrons. The Kier molecular flexibility index (Phi) is 30.6. The van der Waals surface area contributed by atoms with Gasteiger partial charge in [-0.2, -0.15) is 10.5 Å². The summed E-state index contributed by atoms with van der Waals surface area (Å²) in [6.45, 7) is 25.0. The Morgan fingerprint density at radius 3 is 1.14 bits per heavy atom. The van der Waals surface area contributed by atoms with Gasteiger partial charge in [0.2, 0.25) is 0 Å². The smallest absolute Gasteiger partial charge is 0.343 e.